The Morgan fingerprint density at radius 3 is 2.84 bits per heavy atom. The molecule has 1 aliphatic rings. The van der Waals surface area contributed by atoms with Gasteiger partial charge < -0.3 is 14.2 Å². The third-order valence-corrected chi connectivity index (χ3v) is 4.04. The maximum atomic E-state index is 12.6. The molecule has 0 bridgehead atoms. The highest BCUT2D eigenvalue weighted by Crippen LogP contribution is 2.20. The molecule has 106 valence electrons. The van der Waals surface area contributed by atoms with Gasteiger partial charge in [-0.25, -0.2) is 0 Å². The smallest absolute Gasteiger partial charge is 0.270 e. The van der Waals surface area contributed by atoms with Crippen molar-refractivity contribution in [1.29, 1.82) is 0 Å². The van der Waals surface area contributed by atoms with E-state index in [-0.39, 0.29) is 5.91 Å². The fourth-order valence-electron chi connectivity index (χ4n) is 2.50. The van der Waals surface area contributed by atoms with Gasteiger partial charge in [0.15, 0.2) is 0 Å². The lowest BCUT2D eigenvalue weighted by Gasteiger charge is -2.31. The Balaban J connectivity index is 2.13. The number of amides is 1. The Bertz CT molecular complexity index is 439. The number of halogens is 1. The van der Waals surface area contributed by atoms with E-state index in [9.17, 15) is 4.79 Å². The van der Waals surface area contributed by atoms with Gasteiger partial charge in [-0.15, -0.1) is 0 Å². The minimum absolute atomic E-state index is 0.103. The highest BCUT2D eigenvalue weighted by molar-refractivity contribution is 9.10. The van der Waals surface area contributed by atoms with Crippen LogP contribution in [0.5, 0.6) is 0 Å². The topological polar surface area (TPSA) is 34.5 Å². The van der Waals surface area contributed by atoms with Crippen LogP contribution in [0.25, 0.3) is 0 Å². The van der Waals surface area contributed by atoms with Crippen molar-refractivity contribution in [2.45, 2.75) is 38.8 Å². The largest absolute Gasteiger partial charge is 0.381 e. The summed E-state index contributed by atoms with van der Waals surface area (Å²) in [5.74, 6) is 0.103. The predicted molar refractivity (Wildman–Crippen MR) is 78.4 cm³/mol. The van der Waals surface area contributed by atoms with Crippen molar-refractivity contribution in [3.63, 3.8) is 0 Å². The molecule has 1 aliphatic heterocycles. The summed E-state index contributed by atoms with van der Waals surface area (Å²) in [5.41, 5.74) is 0.766. The number of rotatable bonds is 4. The van der Waals surface area contributed by atoms with Gasteiger partial charge in [0.1, 0.15) is 5.69 Å². The summed E-state index contributed by atoms with van der Waals surface area (Å²) in [4.78, 5) is 14.5. The molecule has 19 heavy (non-hydrogen) atoms. The van der Waals surface area contributed by atoms with Gasteiger partial charge in [-0.3, -0.25) is 4.79 Å². The lowest BCUT2D eigenvalue weighted by atomic mass is 10.1. The zero-order valence-electron chi connectivity index (χ0n) is 11.6. The summed E-state index contributed by atoms with van der Waals surface area (Å²) >= 11 is 3.45. The molecule has 0 aliphatic carbocycles. The third kappa shape index (κ3) is 3.39. The van der Waals surface area contributed by atoms with Crippen LogP contribution < -0.4 is 0 Å². The van der Waals surface area contributed by atoms with E-state index in [1.54, 1.807) is 0 Å². The zero-order chi connectivity index (χ0) is 13.8. The Morgan fingerprint density at radius 2 is 2.21 bits per heavy atom. The molecule has 0 saturated carbocycles. The Morgan fingerprint density at radius 1 is 1.53 bits per heavy atom. The van der Waals surface area contributed by atoms with Crippen LogP contribution in [0.2, 0.25) is 0 Å². The zero-order valence-corrected chi connectivity index (χ0v) is 13.1. The summed E-state index contributed by atoms with van der Waals surface area (Å²) in [5, 5.41) is 0. The number of ether oxygens (including phenoxy) is 1. The summed E-state index contributed by atoms with van der Waals surface area (Å²) in [6.07, 6.45) is 4.85. The van der Waals surface area contributed by atoms with Gasteiger partial charge in [-0.05, 0) is 41.3 Å². The van der Waals surface area contributed by atoms with Crippen molar-refractivity contribution in [3.05, 3.63) is 22.4 Å². The van der Waals surface area contributed by atoms with E-state index in [2.05, 4.69) is 22.9 Å². The van der Waals surface area contributed by atoms with Crippen LogP contribution in [0.15, 0.2) is 16.7 Å². The molecule has 4 nitrogen and oxygen atoms in total. The third-order valence-electron chi connectivity index (χ3n) is 3.61. The molecule has 0 aromatic carbocycles. The number of carbonyl (C=O) groups excluding carboxylic acids is 1. The second kappa shape index (κ2) is 6.57. The van der Waals surface area contributed by atoms with E-state index >= 15 is 0 Å². The first-order valence-corrected chi connectivity index (χ1v) is 7.63. The molecule has 0 N–H and O–H groups in total. The first-order chi connectivity index (χ1) is 9.13. The number of aromatic nitrogens is 1. The van der Waals surface area contributed by atoms with Crippen LogP contribution in [-0.4, -0.2) is 41.7 Å². The van der Waals surface area contributed by atoms with Crippen molar-refractivity contribution in [2.24, 2.45) is 0 Å². The summed E-state index contributed by atoms with van der Waals surface area (Å²) < 4.78 is 8.34. The molecule has 1 amide bonds. The van der Waals surface area contributed by atoms with Crippen LogP contribution in [0, 0.1) is 0 Å². The van der Waals surface area contributed by atoms with Crippen LogP contribution in [0.1, 0.15) is 36.7 Å². The number of hydrogen-bond acceptors (Lipinski definition) is 2. The molecule has 1 aromatic rings. The van der Waals surface area contributed by atoms with Crippen LogP contribution in [0.3, 0.4) is 0 Å². The van der Waals surface area contributed by atoms with E-state index in [0.29, 0.717) is 6.04 Å². The highest BCUT2D eigenvalue weighted by atomic mass is 79.9. The van der Waals surface area contributed by atoms with Crippen molar-refractivity contribution >= 4 is 21.8 Å². The maximum Gasteiger partial charge on any atom is 0.270 e. The van der Waals surface area contributed by atoms with Crippen LogP contribution in [-0.2, 0) is 11.3 Å². The molecular weight excluding hydrogens is 308 g/mol. The summed E-state index contributed by atoms with van der Waals surface area (Å²) in [6.45, 7) is 4.49. The minimum Gasteiger partial charge on any atom is -0.381 e. The molecule has 0 atom stereocenters. The van der Waals surface area contributed by atoms with E-state index < -0.39 is 0 Å². The average molecular weight is 329 g/mol. The van der Waals surface area contributed by atoms with Crippen molar-refractivity contribution in [1.82, 2.24) is 9.47 Å². The molecule has 0 spiro atoms. The Labute approximate surface area is 122 Å². The van der Waals surface area contributed by atoms with Gasteiger partial charge in [0.2, 0.25) is 0 Å². The Hall–Kier alpha value is -0.810. The van der Waals surface area contributed by atoms with Gasteiger partial charge >= 0.3 is 0 Å². The van der Waals surface area contributed by atoms with Crippen LogP contribution >= 0.6 is 15.9 Å². The second-order valence-electron chi connectivity index (χ2n) is 5.00. The first-order valence-electron chi connectivity index (χ1n) is 6.84. The molecule has 2 heterocycles. The van der Waals surface area contributed by atoms with Gasteiger partial charge in [0.05, 0.1) is 0 Å². The molecule has 1 fully saturated rings. The van der Waals surface area contributed by atoms with Gasteiger partial charge in [0, 0.05) is 43.5 Å². The molecule has 0 radical (unpaired) electrons. The average Bonchev–Trinajstić information content (AvgIpc) is 2.79. The molecule has 5 heteroatoms. The molecule has 1 saturated heterocycles. The fraction of sp³-hybridized carbons (Fsp3) is 0.643. The number of nitrogens with zero attached hydrogens (tertiary/aromatic N) is 2. The second-order valence-corrected chi connectivity index (χ2v) is 5.91. The molecule has 1 aromatic heterocycles. The van der Waals surface area contributed by atoms with E-state index in [1.165, 1.54) is 0 Å². The molecule has 2 rings (SSSR count). The maximum absolute atomic E-state index is 12.6. The number of aryl methyl sites for hydroxylation is 1. The Kier molecular flexibility index (Phi) is 5.05. The van der Waals surface area contributed by atoms with Crippen molar-refractivity contribution < 1.29 is 9.53 Å². The lowest BCUT2D eigenvalue weighted by Crippen LogP contribution is -2.41. The van der Waals surface area contributed by atoms with Gasteiger partial charge in [-0.1, -0.05) is 6.92 Å². The summed E-state index contributed by atoms with van der Waals surface area (Å²) in [6, 6.07) is 2.21. The van der Waals surface area contributed by atoms with Gasteiger partial charge in [0.25, 0.3) is 5.91 Å². The van der Waals surface area contributed by atoms with Crippen LogP contribution in [0.4, 0.5) is 0 Å². The molecule has 0 unspecified atom stereocenters. The van der Waals surface area contributed by atoms with Gasteiger partial charge in [-0.2, -0.15) is 0 Å². The first kappa shape index (κ1) is 14.6. The summed E-state index contributed by atoms with van der Waals surface area (Å²) in [7, 11) is 1.90. The monoisotopic (exact) mass is 328 g/mol. The minimum atomic E-state index is 0.103. The van der Waals surface area contributed by atoms with E-state index in [1.807, 2.05) is 28.8 Å². The fourth-order valence-corrected chi connectivity index (χ4v) is 2.96. The lowest BCUT2D eigenvalue weighted by molar-refractivity contribution is 0.0356. The number of hydrogen-bond donors (Lipinski definition) is 0. The molecular formula is C14H21BrN2O2. The predicted octanol–water partition coefficient (Wildman–Crippen LogP) is 2.91. The van der Waals surface area contributed by atoms with Crippen molar-refractivity contribution in [3.8, 4) is 0 Å². The van der Waals surface area contributed by atoms with E-state index in [4.69, 9.17) is 4.74 Å². The normalized spacial score (nSPS) is 16.6. The standard InChI is InChI=1S/C14H21BrN2O2/c1-3-6-17-10-11(15)9-13(17)14(18)16(2)12-4-7-19-8-5-12/h9-10,12H,3-8H2,1-2H3. The quantitative estimate of drug-likeness (QED) is 0.851. The highest BCUT2D eigenvalue weighted by Gasteiger charge is 2.25. The SMILES string of the molecule is CCCn1cc(Br)cc1C(=O)N(C)C1CCOCC1. The van der Waals surface area contributed by atoms with Crippen molar-refractivity contribution in [2.75, 3.05) is 20.3 Å². The number of carbonyl (C=O) groups is 1. The van der Waals surface area contributed by atoms with E-state index in [0.717, 1.165) is 49.2 Å².